The number of ketones is 2. The van der Waals surface area contributed by atoms with Gasteiger partial charge in [-0.25, -0.2) is 8.42 Å². The molecule has 1 aliphatic carbocycles. The van der Waals surface area contributed by atoms with Crippen molar-refractivity contribution >= 4 is 89.0 Å². The fourth-order valence-corrected chi connectivity index (χ4v) is 7.35. The Balaban J connectivity index is 1.41. The highest BCUT2D eigenvalue weighted by molar-refractivity contribution is 7.91. The Morgan fingerprint density at radius 2 is 1.40 bits per heavy atom. The van der Waals surface area contributed by atoms with Crippen LogP contribution in [0.1, 0.15) is 37.7 Å². The molecule has 1 aliphatic rings. The molecular formula is C32H26N7O10S3+. The minimum Gasteiger partial charge on any atom is -0.397 e. The van der Waals surface area contributed by atoms with E-state index < -0.39 is 69.6 Å². The van der Waals surface area contributed by atoms with E-state index in [-0.39, 0.29) is 56.4 Å². The lowest BCUT2D eigenvalue weighted by atomic mass is 9.82. The molecule has 0 saturated carbocycles. The van der Waals surface area contributed by atoms with E-state index in [2.05, 4.69) is 37.5 Å². The number of benzene rings is 4. The van der Waals surface area contributed by atoms with Gasteiger partial charge in [0.1, 0.15) is 10.8 Å². The third-order valence-corrected chi connectivity index (χ3v) is 10.6. The maximum absolute atomic E-state index is 13.7. The number of sulfone groups is 1. The van der Waals surface area contributed by atoms with Crippen LogP contribution in [0, 0.1) is 0 Å². The second-order valence-corrected chi connectivity index (χ2v) is 15.3. The van der Waals surface area contributed by atoms with Gasteiger partial charge < -0.3 is 26.8 Å². The summed E-state index contributed by atoms with van der Waals surface area (Å²) in [5.41, 5.74) is 4.62. The van der Waals surface area contributed by atoms with Crippen molar-refractivity contribution in [1.29, 1.82) is 0 Å². The van der Waals surface area contributed by atoms with Gasteiger partial charge in [-0.05, 0) is 42.5 Å². The molecule has 0 fully saturated rings. The minimum atomic E-state index is -5.01. The third-order valence-electron chi connectivity index (χ3n) is 7.65. The Morgan fingerprint density at radius 1 is 0.769 bits per heavy atom. The number of hydrogen-bond donors (Lipinski definition) is 7. The molecule has 0 saturated heterocycles. The molecule has 0 aliphatic heterocycles. The van der Waals surface area contributed by atoms with Crippen LogP contribution < -0.4 is 21.7 Å². The third kappa shape index (κ3) is 6.88. The summed E-state index contributed by atoms with van der Waals surface area (Å²) in [5, 5.41) is 17.9. The zero-order valence-electron chi connectivity index (χ0n) is 26.3. The van der Waals surface area contributed by atoms with Gasteiger partial charge in [-0.1, -0.05) is 41.1 Å². The van der Waals surface area contributed by atoms with Gasteiger partial charge in [0, 0.05) is 28.6 Å². The molecule has 1 aromatic heterocycles. The number of nitrogen functional groups attached to an aromatic ring is 1. The molecule has 4 aromatic carbocycles. The van der Waals surface area contributed by atoms with E-state index in [0.29, 0.717) is 5.69 Å². The molecule has 8 N–H and O–H groups in total. The van der Waals surface area contributed by atoms with Crippen LogP contribution in [0.5, 0.6) is 0 Å². The molecule has 1 unspecified atom stereocenters. The first-order valence-electron chi connectivity index (χ1n) is 14.7. The molecule has 5 aromatic rings. The van der Waals surface area contributed by atoms with Crippen LogP contribution in [0.2, 0.25) is 0 Å². The summed E-state index contributed by atoms with van der Waals surface area (Å²) < 4.78 is 82.2. The van der Waals surface area contributed by atoms with Crippen molar-refractivity contribution < 1.29 is 44.8 Å². The standard InChI is InChI=1S/C32H25N7O10S3/c1-2-25-37-31(35-16-6-5-7-18(12-16)50(43)44)39-32(38-25)36-21-11-10-17(13-23(21)52(47,48)49)34-22-14-24(51(45,46)15-40)28(33)27-26(22)29(41)19-8-3-4-9-20(19)30(27)42/h2-14,34,40H,1,15,33H2,(H,43,44)(H,47,48,49)(H2,35,36,37,38,39)/p+1. The van der Waals surface area contributed by atoms with E-state index in [4.69, 9.17) is 5.73 Å². The van der Waals surface area contributed by atoms with Crippen molar-refractivity contribution in [2.75, 3.05) is 27.6 Å². The van der Waals surface area contributed by atoms with Crippen molar-refractivity contribution in [2.24, 2.45) is 0 Å². The number of thiol groups is 1. The summed E-state index contributed by atoms with van der Waals surface area (Å²) in [5.74, 6) is -3.04. The number of fused-ring (bicyclic) bond motifs is 2. The minimum absolute atomic E-state index is 0.0139. The van der Waals surface area contributed by atoms with E-state index in [9.17, 15) is 44.8 Å². The van der Waals surface area contributed by atoms with Gasteiger partial charge in [0.05, 0.1) is 33.1 Å². The second kappa shape index (κ2) is 13.7. The van der Waals surface area contributed by atoms with E-state index >= 15 is 0 Å². The lowest BCUT2D eigenvalue weighted by Crippen LogP contribution is -2.25. The molecule has 0 bridgehead atoms. The molecule has 6 rings (SSSR count). The van der Waals surface area contributed by atoms with Gasteiger partial charge in [0.15, 0.2) is 22.3 Å². The summed E-state index contributed by atoms with van der Waals surface area (Å²) >= 11 is -2.63. The molecule has 17 nitrogen and oxygen atoms in total. The highest BCUT2D eigenvalue weighted by atomic mass is 32.2. The summed E-state index contributed by atoms with van der Waals surface area (Å²) in [7, 11) is -9.48. The van der Waals surface area contributed by atoms with Crippen LogP contribution in [0.4, 0.5) is 40.3 Å². The summed E-state index contributed by atoms with van der Waals surface area (Å²) in [6.07, 6.45) is 1.28. The van der Waals surface area contributed by atoms with Crippen molar-refractivity contribution in [2.45, 2.75) is 14.7 Å². The number of hydrogen-bond acceptors (Lipinski definition) is 15. The molecule has 1 heterocycles. The molecule has 0 spiro atoms. The normalized spacial score (nSPS) is 13.1. The van der Waals surface area contributed by atoms with Crippen LogP contribution in [-0.2, 0) is 35.2 Å². The number of anilines is 7. The Morgan fingerprint density at radius 3 is 2.02 bits per heavy atom. The van der Waals surface area contributed by atoms with Gasteiger partial charge >= 0.3 is 0 Å². The first-order valence-corrected chi connectivity index (χ1v) is 19.0. The molecule has 0 amide bonds. The Kier molecular flexibility index (Phi) is 9.44. The predicted molar refractivity (Wildman–Crippen MR) is 191 cm³/mol. The number of nitrogens with zero attached hydrogens (tertiary/aromatic N) is 3. The molecular weight excluding hydrogens is 739 g/mol. The quantitative estimate of drug-likeness (QED) is 0.0429. The fraction of sp³-hybridized carbons (Fsp3) is 0.0312. The smallest absolute Gasteiger partial charge is 0.296 e. The Labute approximate surface area is 297 Å². The average molecular weight is 765 g/mol. The first-order chi connectivity index (χ1) is 24.6. The maximum atomic E-state index is 13.7. The number of carbonyl (C=O) groups excluding carboxylic acids is 2. The van der Waals surface area contributed by atoms with Crippen LogP contribution in [-0.4, -0.2) is 63.5 Å². The van der Waals surface area contributed by atoms with Crippen molar-refractivity contribution in [1.82, 2.24) is 15.0 Å². The first kappa shape index (κ1) is 35.9. The van der Waals surface area contributed by atoms with E-state index in [1.54, 1.807) is 6.07 Å². The van der Waals surface area contributed by atoms with Crippen LogP contribution in [0.3, 0.4) is 0 Å². The monoisotopic (exact) mass is 764 g/mol. The summed E-state index contributed by atoms with van der Waals surface area (Å²) in [4.78, 5) is 38.6. The van der Waals surface area contributed by atoms with Gasteiger partial charge in [0.2, 0.25) is 32.8 Å². The summed E-state index contributed by atoms with van der Waals surface area (Å²) in [6.45, 7) is 3.63. The zero-order valence-corrected chi connectivity index (χ0v) is 28.8. The molecule has 20 heteroatoms. The number of aromatic nitrogens is 3. The van der Waals surface area contributed by atoms with Gasteiger partial charge in [0.25, 0.3) is 10.1 Å². The van der Waals surface area contributed by atoms with Crippen molar-refractivity contribution in [3.63, 3.8) is 0 Å². The average Bonchev–Trinajstić information content (AvgIpc) is 3.11. The molecule has 1 atom stereocenters. The van der Waals surface area contributed by atoms with Crippen LogP contribution in [0.25, 0.3) is 6.08 Å². The molecule has 266 valence electrons. The number of nitrogens with one attached hydrogen (secondary N) is 3. The fourth-order valence-electron chi connectivity index (χ4n) is 5.34. The largest absolute Gasteiger partial charge is 0.397 e. The highest BCUT2D eigenvalue weighted by Crippen LogP contribution is 2.41. The maximum Gasteiger partial charge on any atom is 0.296 e. The van der Waals surface area contributed by atoms with Crippen molar-refractivity contribution in [3.05, 3.63) is 107 Å². The Bertz CT molecular complexity index is 2600. The zero-order chi connectivity index (χ0) is 37.5. The highest BCUT2D eigenvalue weighted by Gasteiger charge is 2.36. The van der Waals surface area contributed by atoms with Crippen LogP contribution >= 0.6 is 0 Å². The van der Waals surface area contributed by atoms with E-state index in [1.807, 2.05) is 0 Å². The van der Waals surface area contributed by atoms with Gasteiger partial charge in [-0.3, -0.25) is 14.1 Å². The van der Waals surface area contributed by atoms with Gasteiger partial charge in [-0.2, -0.15) is 27.9 Å². The van der Waals surface area contributed by atoms with E-state index in [0.717, 1.165) is 12.1 Å². The number of carbonyl (C=O) groups is 2. The molecule has 52 heavy (non-hydrogen) atoms. The van der Waals surface area contributed by atoms with Crippen molar-refractivity contribution in [3.8, 4) is 0 Å². The SMILES string of the molecule is C=Cc1nc(Nc2cccc([SH+](=O)O)c2)nc(Nc2ccc(Nc3cc(S(=O)(=O)CO)c(N)c4c3C(=O)c3ccccc3C4=O)cc2S(=O)(=O)O)n1. The summed E-state index contributed by atoms with van der Waals surface area (Å²) in [6, 6.07) is 16.2. The number of nitrogens with two attached hydrogens (primary N) is 1. The predicted octanol–water partition coefficient (Wildman–Crippen LogP) is 3.60. The number of aliphatic hydroxyl groups excluding tert-OH is 1. The topological polar surface area (TPSA) is 281 Å². The molecule has 0 radical (unpaired) electrons. The number of aliphatic hydroxyl groups is 1. The lowest BCUT2D eigenvalue weighted by molar-refractivity contribution is 0.0980. The van der Waals surface area contributed by atoms with Crippen LogP contribution in [0.15, 0.2) is 94.1 Å². The number of rotatable bonds is 11. The van der Waals surface area contributed by atoms with E-state index in [1.165, 1.54) is 60.7 Å². The Hall–Kier alpha value is -5.90. The van der Waals surface area contributed by atoms with Gasteiger partial charge in [-0.15, -0.1) is 0 Å². The lowest BCUT2D eigenvalue weighted by Gasteiger charge is -2.24. The second-order valence-electron chi connectivity index (χ2n) is 11.0.